The Hall–Kier alpha value is -10.9. The van der Waals surface area contributed by atoms with Crippen LogP contribution in [-0.2, 0) is 107 Å². The summed E-state index contributed by atoms with van der Waals surface area (Å²) in [6, 6.07) is 4.25. The summed E-state index contributed by atoms with van der Waals surface area (Å²) in [4.78, 5) is 256. The van der Waals surface area contributed by atoms with Gasteiger partial charge in [0.15, 0.2) is 11.9 Å². The molecule has 12 amide bonds. The highest BCUT2D eigenvalue weighted by molar-refractivity contribution is 7.09. The van der Waals surface area contributed by atoms with Crippen molar-refractivity contribution in [1.82, 2.24) is 61.6 Å². The number of unbranched alkanes of at least 4 members (excludes halogenated alkanes) is 1. The molecule has 1 saturated heterocycles. The third kappa shape index (κ3) is 34.9. The highest BCUT2D eigenvalue weighted by Gasteiger charge is 2.40. The zero-order valence-electron chi connectivity index (χ0n) is 68.8. The van der Waals surface area contributed by atoms with Gasteiger partial charge in [0.05, 0.1) is 25.1 Å². The quantitative estimate of drug-likeness (QED) is 0.0151. The minimum Gasteiger partial charge on any atom is -0.481 e. The van der Waals surface area contributed by atoms with Gasteiger partial charge in [0.2, 0.25) is 41.4 Å². The van der Waals surface area contributed by atoms with Crippen molar-refractivity contribution in [2.24, 2.45) is 29.6 Å². The van der Waals surface area contributed by atoms with Crippen LogP contribution in [0.25, 0.3) is 0 Å². The molecule has 1 fully saturated rings. The van der Waals surface area contributed by atoms with Gasteiger partial charge in [0.1, 0.15) is 47.9 Å². The van der Waals surface area contributed by atoms with Crippen LogP contribution in [0.4, 0.5) is 0 Å². The van der Waals surface area contributed by atoms with Gasteiger partial charge in [-0.15, -0.1) is 11.3 Å². The molecule has 38 heteroatoms. The van der Waals surface area contributed by atoms with Gasteiger partial charge in [-0.3, -0.25) is 112 Å². The van der Waals surface area contributed by atoms with Gasteiger partial charge >= 0.3 is 23.9 Å². The Labute approximate surface area is 694 Å². The third-order valence-electron chi connectivity index (χ3n) is 20.7. The lowest BCUT2D eigenvalue weighted by Gasteiger charge is -2.38. The Bertz CT molecular complexity index is 3910. The largest absolute Gasteiger partial charge is 0.481 e. The molecule has 0 saturated carbocycles. The van der Waals surface area contributed by atoms with Gasteiger partial charge < -0.3 is 60.6 Å². The number of amides is 12. The number of nitrogens with one attached hydrogen (secondary N) is 6. The molecule has 0 spiro atoms. The van der Waals surface area contributed by atoms with Crippen molar-refractivity contribution in [1.29, 1.82) is 0 Å². The molecule has 2 aromatic rings. The number of carbonyl (C=O) groups is 19. The number of benzene rings is 1. The summed E-state index contributed by atoms with van der Waals surface area (Å²) in [5, 5.41) is 39.9. The average Bonchev–Trinajstić information content (AvgIpc) is 1.68. The molecule has 37 nitrogen and oxygen atoms in total. The molecule has 0 radical (unpaired) electrons. The molecule has 3 aliphatic heterocycles. The molecule has 9 N–H and O–H groups in total. The monoisotopic (exact) mass is 1690 g/mol. The number of hydrogen-bond acceptors (Lipinski definition) is 25. The second-order valence-electron chi connectivity index (χ2n) is 30.3. The van der Waals surface area contributed by atoms with Crippen LogP contribution in [0.5, 0.6) is 0 Å². The topological polar surface area (TPSA) is 514 Å². The van der Waals surface area contributed by atoms with Crippen LogP contribution in [0.2, 0.25) is 0 Å². The lowest BCUT2D eigenvalue weighted by Crippen LogP contribution is -2.50. The SMILES string of the molecule is CCC(C)[C@H](CC(=O)C1CCCCN1CC(=O)CC(CCCCNC(=O)COCCNC(=O)COCCCC(=O)CCC(NC(=O)CC(=O)O)C(=O)O)C(=O)NNC(=O)CCC(=O)N(CCN1C(=O)C=CC1=O)CCN1C(=O)C=CC1=O)C(=O)N(C)[C@H](C[C@@H](OC(C)=O)c1nc(C(=O)N[C@@H](Cc2ccc(C)cc2)CC(C)C(=O)O)cs1)C(C)C. The summed E-state index contributed by atoms with van der Waals surface area (Å²) in [6.45, 7) is 10.7. The number of likely N-dealkylation sites (tertiary alicyclic amines) is 1. The van der Waals surface area contributed by atoms with Crippen molar-refractivity contribution < 1.29 is 121 Å². The highest BCUT2D eigenvalue weighted by atomic mass is 32.1. The Morgan fingerprint density at radius 3 is 1.88 bits per heavy atom. The van der Waals surface area contributed by atoms with Crippen molar-refractivity contribution in [2.75, 3.05) is 85.8 Å². The number of nitrogens with zero attached hydrogens (tertiary/aromatic N) is 6. The lowest BCUT2D eigenvalue weighted by molar-refractivity contribution is -0.150. The summed E-state index contributed by atoms with van der Waals surface area (Å²) in [6.07, 6.45) is 3.71. The van der Waals surface area contributed by atoms with Crippen molar-refractivity contribution in [3.63, 3.8) is 0 Å². The number of thiazole rings is 1. The maximum atomic E-state index is 15.1. The van der Waals surface area contributed by atoms with Crippen molar-refractivity contribution in [3.8, 4) is 0 Å². The first kappa shape index (κ1) is 98.7. The third-order valence-corrected chi connectivity index (χ3v) is 21.6. The van der Waals surface area contributed by atoms with E-state index < -0.39 is 169 Å². The second-order valence-corrected chi connectivity index (χ2v) is 31.2. The number of piperidine rings is 1. The fourth-order valence-corrected chi connectivity index (χ4v) is 14.6. The standard InChI is InChI=1S/C81H114N12O25S/c1-9-51(5)59(79(111)89(8)63(49(2)3)43-65(118-53(7)94)78-86-61(48-119-78)77(110)84-56(39-52(6)80(112)113)40-54-20-18-50(4)19-21-54)42-64(97)62-17-11-13-32-91(62)45-58(96)41-55(76(109)88-87-66(98)24-25-70(102)90(33-35-92-71(103)26-27-72(92)104)34-36-93-73(105)28-29-74(93)106)15-10-12-30-82-68(100)47-117-38-31-83-69(101)46-116-37-14-16-57(95)22-23-60(81(114)115)85-67(99)44-75(107)108/h18-21,26-29,48-49,51-52,55-56,59-60,62-63,65H,9-17,22-25,30-47H2,1-8H3,(H,82,100)(H,83,101)(H,84,110)(H,85,99)(H,87,98)(H,88,109)(H,107,108)(H,112,113)(H,114,115)/t51?,52?,55?,56-,59+,60?,62?,63-,65-/m1/s1. The molecular formula is C81H114N12O25S. The predicted molar refractivity (Wildman–Crippen MR) is 426 cm³/mol. The number of hydrazine groups is 1. The summed E-state index contributed by atoms with van der Waals surface area (Å²) in [5.74, 6) is -16.6. The molecule has 3 aliphatic rings. The van der Waals surface area contributed by atoms with Crippen LogP contribution >= 0.6 is 11.3 Å². The number of carboxylic acids is 3. The summed E-state index contributed by atoms with van der Waals surface area (Å²) in [5.41, 5.74) is 6.60. The highest BCUT2D eigenvalue weighted by Crippen LogP contribution is 2.34. The van der Waals surface area contributed by atoms with Crippen LogP contribution in [0.1, 0.15) is 190 Å². The van der Waals surface area contributed by atoms with E-state index >= 15 is 4.79 Å². The summed E-state index contributed by atoms with van der Waals surface area (Å²) >= 11 is 1.09. The number of aromatic nitrogens is 1. The fraction of sp³-hybridized carbons (Fsp3) is 0.605. The van der Waals surface area contributed by atoms with E-state index in [2.05, 4.69) is 37.1 Å². The maximum absolute atomic E-state index is 15.1. The number of carbonyl (C=O) groups excluding carboxylic acids is 16. The number of Topliss-reactive ketones (excluding diaryl/α,β-unsaturated/α-hetero) is 3. The Morgan fingerprint density at radius 2 is 1.29 bits per heavy atom. The van der Waals surface area contributed by atoms with Crippen LogP contribution in [-0.4, -0.2) is 267 Å². The van der Waals surface area contributed by atoms with E-state index in [1.807, 2.05) is 58.9 Å². The normalized spacial score (nSPS) is 16.0. The molecule has 0 aliphatic carbocycles. The minimum atomic E-state index is -1.46. The number of ether oxygens (including phenoxy) is 3. The maximum Gasteiger partial charge on any atom is 0.326 e. The number of aryl methyl sites for hydroxylation is 1. The van der Waals surface area contributed by atoms with Gasteiger partial charge in [0, 0.05) is 158 Å². The molecular weight excluding hydrogens is 1570 g/mol. The van der Waals surface area contributed by atoms with Crippen LogP contribution in [0.3, 0.4) is 0 Å². The zero-order chi connectivity index (χ0) is 88.0. The van der Waals surface area contributed by atoms with E-state index in [9.17, 15) is 96.5 Å². The first-order valence-corrected chi connectivity index (χ1v) is 41.0. The van der Waals surface area contributed by atoms with E-state index in [1.165, 1.54) is 17.2 Å². The van der Waals surface area contributed by atoms with Gasteiger partial charge in [0.25, 0.3) is 29.5 Å². The zero-order valence-corrected chi connectivity index (χ0v) is 69.6. The van der Waals surface area contributed by atoms with Crippen molar-refractivity contribution >= 4 is 123 Å². The predicted octanol–water partition coefficient (Wildman–Crippen LogP) is 2.65. The number of rotatable bonds is 56. The number of aliphatic carboxylic acids is 3. The number of esters is 1. The van der Waals surface area contributed by atoms with Gasteiger partial charge in [-0.05, 0) is 82.2 Å². The van der Waals surface area contributed by atoms with Gasteiger partial charge in [-0.1, -0.05) is 83.7 Å². The Morgan fingerprint density at radius 1 is 0.672 bits per heavy atom. The number of hydrogen-bond donors (Lipinski definition) is 9. The van der Waals surface area contributed by atoms with E-state index in [0.29, 0.717) is 38.6 Å². The number of imide groups is 2. The molecule has 5 unspecified atom stereocenters. The van der Waals surface area contributed by atoms with Crippen LogP contribution in [0, 0.1) is 36.5 Å². The smallest absolute Gasteiger partial charge is 0.326 e. The summed E-state index contributed by atoms with van der Waals surface area (Å²) < 4.78 is 16.6. The Balaban J connectivity index is 1.20. The molecule has 654 valence electrons. The molecule has 0 bridgehead atoms. The van der Waals surface area contributed by atoms with E-state index in [4.69, 9.17) is 19.3 Å². The van der Waals surface area contributed by atoms with E-state index in [1.54, 1.807) is 23.8 Å². The van der Waals surface area contributed by atoms with Crippen LogP contribution in [0.15, 0.2) is 53.9 Å². The van der Waals surface area contributed by atoms with E-state index in [-0.39, 0.29) is 176 Å². The first-order valence-electron chi connectivity index (χ1n) is 40.1. The first-order chi connectivity index (χ1) is 56.4. The summed E-state index contributed by atoms with van der Waals surface area (Å²) in [7, 11) is 1.63. The van der Waals surface area contributed by atoms with E-state index in [0.717, 1.165) is 56.6 Å². The molecule has 9 atom stereocenters. The second kappa shape index (κ2) is 50.8. The molecule has 1 aromatic carbocycles. The molecule has 119 heavy (non-hydrogen) atoms. The molecule has 4 heterocycles. The van der Waals surface area contributed by atoms with Crippen molar-refractivity contribution in [3.05, 3.63) is 75.8 Å². The van der Waals surface area contributed by atoms with Gasteiger partial charge in [-0.2, -0.15) is 0 Å². The number of ketones is 3. The number of carboxylic acid groups (broad SMARTS) is 3. The average molecular weight is 1690 g/mol. The van der Waals surface area contributed by atoms with Crippen molar-refractivity contribution in [2.45, 2.75) is 201 Å². The van der Waals surface area contributed by atoms with Crippen LogP contribution < -0.4 is 32.1 Å². The lowest BCUT2D eigenvalue weighted by atomic mass is 9.82. The fourth-order valence-electron chi connectivity index (χ4n) is 13.7. The van der Waals surface area contributed by atoms with Gasteiger partial charge in [-0.25, -0.2) is 9.78 Å². The molecule has 1 aromatic heterocycles. The molecule has 5 rings (SSSR count). The Kier molecular flexibility index (Phi) is 42.1. The minimum absolute atomic E-state index is 0.00398.